The summed E-state index contributed by atoms with van der Waals surface area (Å²) in [5.41, 5.74) is -0.559. The third-order valence-electron chi connectivity index (χ3n) is 6.90. The number of aromatic nitrogens is 1. The van der Waals surface area contributed by atoms with E-state index >= 15 is 0 Å². The standard InChI is InChI=1S/C25H24ClF3N2O4S/c1-24(2,36(34,35)18-5-3-4-16(12-18)25(27,28)29)15-8-10-31(11-9-15)23(33)21-14-22(32)19-13-17(26)6-7-20(19)30-21/h3-7,12-15H,8-11H2,1-2H3,(H,30,32). The predicted molar refractivity (Wildman–Crippen MR) is 130 cm³/mol. The smallest absolute Gasteiger partial charge is 0.416 e. The highest BCUT2D eigenvalue weighted by Crippen LogP contribution is 2.40. The summed E-state index contributed by atoms with van der Waals surface area (Å²) >= 11 is 5.96. The van der Waals surface area contributed by atoms with E-state index in [0.29, 0.717) is 34.8 Å². The quantitative estimate of drug-likeness (QED) is 0.457. The average Bonchev–Trinajstić information content (AvgIpc) is 2.83. The lowest BCUT2D eigenvalue weighted by molar-refractivity contribution is -0.137. The molecule has 0 atom stereocenters. The van der Waals surface area contributed by atoms with Gasteiger partial charge in [0.1, 0.15) is 11.4 Å². The number of fused-ring (bicyclic) bond motifs is 1. The molecule has 1 aromatic heterocycles. The molecule has 0 radical (unpaired) electrons. The monoisotopic (exact) mass is 540 g/mol. The van der Waals surface area contributed by atoms with E-state index in [9.17, 15) is 31.5 Å². The van der Waals surface area contributed by atoms with Gasteiger partial charge in [-0.3, -0.25) is 4.79 Å². The van der Waals surface area contributed by atoms with Crippen LogP contribution in [0.5, 0.6) is 5.75 Å². The van der Waals surface area contributed by atoms with Gasteiger partial charge in [0.15, 0.2) is 9.84 Å². The number of carbonyl (C=O) groups is 1. The second-order valence-electron chi connectivity index (χ2n) is 9.39. The van der Waals surface area contributed by atoms with Crippen molar-refractivity contribution in [3.05, 3.63) is 64.8 Å². The number of likely N-dealkylation sites (tertiary alicyclic amines) is 1. The molecule has 0 spiro atoms. The number of piperidine rings is 1. The van der Waals surface area contributed by atoms with Crippen LogP contribution in [0.2, 0.25) is 5.02 Å². The number of amides is 1. The number of rotatable bonds is 4. The Morgan fingerprint density at radius 3 is 2.39 bits per heavy atom. The fourth-order valence-corrected chi connectivity index (χ4v) is 6.59. The topological polar surface area (TPSA) is 87.6 Å². The molecule has 4 rings (SSSR count). The maximum atomic E-state index is 13.4. The van der Waals surface area contributed by atoms with Crippen molar-refractivity contribution in [1.82, 2.24) is 9.88 Å². The van der Waals surface area contributed by atoms with Crippen LogP contribution in [0.15, 0.2) is 53.4 Å². The molecule has 192 valence electrons. The molecule has 3 aromatic rings. The minimum absolute atomic E-state index is 0.0524. The molecule has 11 heteroatoms. The summed E-state index contributed by atoms with van der Waals surface area (Å²) in [6, 6.07) is 9.79. The van der Waals surface area contributed by atoms with Crippen LogP contribution in [0, 0.1) is 5.92 Å². The summed E-state index contributed by atoms with van der Waals surface area (Å²) in [6.07, 6.45) is -3.98. The van der Waals surface area contributed by atoms with Crippen molar-refractivity contribution in [3.8, 4) is 5.75 Å². The summed E-state index contributed by atoms with van der Waals surface area (Å²) < 4.78 is 64.8. The van der Waals surface area contributed by atoms with Gasteiger partial charge in [0.05, 0.1) is 20.7 Å². The number of benzene rings is 2. The van der Waals surface area contributed by atoms with E-state index in [-0.39, 0.29) is 35.3 Å². The first-order chi connectivity index (χ1) is 16.7. The Kier molecular flexibility index (Phi) is 6.72. The number of pyridine rings is 1. The van der Waals surface area contributed by atoms with Crippen LogP contribution in [0.25, 0.3) is 10.9 Å². The fraction of sp³-hybridized carbons (Fsp3) is 0.360. The van der Waals surface area contributed by atoms with Crippen LogP contribution >= 0.6 is 11.6 Å². The molecule has 1 saturated heterocycles. The zero-order valence-electron chi connectivity index (χ0n) is 19.5. The number of hydrogen-bond acceptors (Lipinski definition) is 5. The molecule has 1 N–H and O–H groups in total. The van der Waals surface area contributed by atoms with Crippen LogP contribution in [0.1, 0.15) is 42.7 Å². The lowest BCUT2D eigenvalue weighted by Crippen LogP contribution is -2.47. The molecule has 0 aliphatic carbocycles. The summed E-state index contributed by atoms with van der Waals surface area (Å²) in [5, 5.41) is 11.2. The molecule has 1 aliphatic rings. The highest BCUT2D eigenvalue weighted by atomic mass is 35.5. The molecule has 1 fully saturated rings. The van der Waals surface area contributed by atoms with E-state index in [1.807, 2.05) is 0 Å². The third-order valence-corrected chi connectivity index (χ3v) is 9.73. The summed E-state index contributed by atoms with van der Waals surface area (Å²) in [7, 11) is -4.10. The first-order valence-electron chi connectivity index (χ1n) is 11.2. The zero-order valence-corrected chi connectivity index (χ0v) is 21.1. The Morgan fingerprint density at radius 2 is 1.75 bits per heavy atom. The van der Waals surface area contributed by atoms with Crippen LogP contribution in [-0.4, -0.2) is 47.2 Å². The largest absolute Gasteiger partial charge is 0.507 e. The molecular weight excluding hydrogens is 517 g/mol. The molecule has 6 nitrogen and oxygen atoms in total. The first-order valence-corrected chi connectivity index (χ1v) is 13.1. The number of aromatic hydroxyl groups is 1. The second kappa shape index (κ2) is 9.23. The van der Waals surface area contributed by atoms with Gasteiger partial charge >= 0.3 is 6.18 Å². The number of halogens is 4. The van der Waals surface area contributed by atoms with Crippen molar-refractivity contribution in [2.45, 2.75) is 42.5 Å². The first kappa shape index (κ1) is 26.2. The Hall–Kier alpha value is -2.85. The lowest BCUT2D eigenvalue weighted by Gasteiger charge is -2.40. The number of nitrogens with zero attached hydrogens (tertiary/aromatic N) is 2. The van der Waals surface area contributed by atoms with E-state index in [1.54, 1.807) is 18.2 Å². The molecule has 36 heavy (non-hydrogen) atoms. The van der Waals surface area contributed by atoms with Gasteiger partial charge in [-0.25, -0.2) is 13.4 Å². The van der Waals surface area contributed by atoms with Gasteiger partial charge in [-0.2, -0.15) is 13.2 Å². The molecule has 0 saturated carbocycles. The maximum Gasteiger partial charge on any atom is 0.416 e. The Morgan fingerprint density at radius 1 is 1.08 bits per heavy atom. The van der Waals surface area contributed by atoms with Gasteiger partial charge in [-0.1, -0.05) is 17.7 Å². The molecule has 2 heterocycles. The number of alkyl halides is 3. The SMILES string of the molecule is CC(C)(C1CCN(C(=O)c2cc(O)c3cc(Cl)ccc3n2)CC1)S(=O)(=O)c1cccc(C(F)(F)F)c1. The van der Waals surface area contributed by atoms with Crippen molar-refractivity contribution in [2.75, 3.05) is 13.1 Å². The minimum atomic E-state index is -4.65. The van der Waals surface area contributed by atoms with E-state index < -0.39 is 32.2 Å². The van der Waals surface area contributed by atoms with Crippen LogP contribution in [0.4, 0.5) is 13.2 Å². The highest BCUT2D eigenvalue weighted by Gasteiger charge is 2.45. The van der Waals surface area contributed by atoms with Gasteiger partial charge < -0.3 is 10.0 Å². The average molecular weight is 541 g/mol. The fourth-order valence-electron chi connectivity index (χ4n) is 4.59. The molecule has 0 bridgehead atoms. The molecule has 0 unspecified atom stereocenters. The normalized spacial score (nSPS) is 15.9. The van der Waals surface area contributed by atoms with Gasteiger partial charge in [-0.05, 0) is 69.0 Å². The number of sulfone groups is 1. The summed E-state index contributed by atoms with van der Waals surface area (Å²) in [6.45, 7) is 3.51. The predicted octanol–water partition coefficient (Wildman–Crippen LogP) is 5.72. The van der Waals surface area contributed by atoms with Crippen molar-refractivity contribution in [2.24, 2.45) is 5.92 Å². The minimum Gasteiger partial charge on any atom is -0.507 e. The highest BCUT2D eigenvalue weighted by molar-refractivity contribution is 7.92. The van der Waals surface area contributed by atoms with Crippen molar-refractivity contribution in [3.63, 3.8) is 0 Å². The van der Waals surface area contributed by atoms with E-state index in [4.69, 9.17) is 11.6 Å². The molecule has 2 aromatic carbocycles. The summed E-state index contributed by atoms with van der Waals surface area (Å²) in [5.74, 6) is -0.922. The van der Waals surface area contributed by atoms with Gasteiger partial charge in [0.2, 0.25) is 0 Å². The van der Waals surface area contributed by atoms with E-state index in [1.165, 1.54) is 30.9 Å². The lowest BCUT2D eigenvalue weighted by atomic mass is 9.85. The molecule has 1 aliphatic heterocycles. The molecular formula is C25H24ClF3N2O4S. The molecule has 1 amide bonds. The van der Waals surface area contributed by atoms with Crippen LogP contribution < -0.4 is 0 Å². The Labute approximate surface area is 211 Å². The van der Waals surface area contributed by atoms with Crippen LogP contribution in [-0.2, 0) is 16.0 Å². The van der Waals surface area contributed by atoms with Gasteiger partial charge in [0, 0.05) is 29.6 Å². The number of hydrogen-bond donors (Lipinski definition) is 1. The van der Waals surface area contributed by atoms with Gasteiger partial charge in [0.25, 0.3) is 5.91 Å². The second-order valence-corrected chi connectivity index (χ2v) is 12.4. The van der Waals surface area contributed by atoms with Gasteiger partial charge in [-0.15, -0.1) is 0 Å². The van der Waals surface area contributed by atoms with Crippen molar-refractivity contribution >= 4 is 38.2 Å². The van der Waals surface area contributed by atoms with E-state index in [2.05, 4.69) is 4.98 Å². The zero-order chi connectivity index (χ0) is 26.5. The van der Waals surface area contributed by atoms with Crippen molar-refractivity contribution in [1.29, 1.82) is 0 Å². The Balaban J connectivity index is 1.51. The van der Waals surface area contributed by atoms with Crippen molar-refractivity contribution < 1.29 is 31.5 Å². The Bertz CT molecular complexity index is 1430. The number of carbonyl (C=O) groups excluding carboxylic acids is 1. The maximum absolute atomic E-state index is 13.4. The van der Waals surface area contributed by atoms with E-state index in [0.717, 1.165) is 12.1 Å². The third kappa shape index (κ3) is 4.76. The summed E-state index contributed by atoms with van der Waals surface area (Å²) in [4.78, 5) is 18.6. The van der Waals surface area contributed by atoms with Crippen LogP contribution in [0.3, 0.4) is 0 Å².